The van der Waals surface area contributed by atoms with Crippen LogP contribution in [0.15, 0.2) is 11.7 Å². The normalized spacial score (nSPS) is 20.7. The minimum absolute atomic E-state index is 0.169. The van der Waals surface area contributed by atoms with Crippen molar-refractivity contribution in [3.8, 4) is 0 Å². The number of rotatable bonds is 2. The second-order valence-corrected chi connectivity index (χ2v) is 5.22. The van der Waals surface area contributed by atoms with Gasteiger partial charge in [0.05, 0.1) is 17.6 Å². The van der Waals surface area contributed by atoms with Crippen LogP contribution in [0.5, 0.6) is 0 Å². The van der Waals surface area contributed by atoms with E-state index in [1.807, 2.05) is 24.9 Å². The second-order valence-electron chi connectivity index (χ2n) is 4.25. The molecule has 15 heavy (non-hydrogen) atoms. The number of nitrogens with one attached hydrogen (secondary N) is 1. The van der Waals surface area contributed by atoms with Crippen LogP contribution in [0.2, 0.25) is 0 Å². The van der Waals surface area contributed by atoms with Crippen molar-refractivity contribution in [1.82, 2.24) is 15.2 Å². The molecule has 1 aliphatic heterocycles. The van der Waals surface area contributed by atoms with E-state index in [9.17, 15) is 4.79 Å². The number of hydrogen-bond acceptors (Lipinski definition) is 4. The summed E-state index contributed by atoms with van der Waals surface area (Å²) in [5.74, 6) is 0.169. The number of hydrogen-bond donors (Lipinski definition) is 1. The highest BCUT2D eigenvalue weighted by Gasteiger charge is 2.35. The lowest BCUT2D eigenvalue weighted by Gasteiger charge is -2.37. The highest BCUT2D eigenvalue weighted by molar-refractivity contribution is 7.09. The van der Waals surface area contributed by atoms with Crippen molar-refractivity contribution in [2.45, 2.75) is 25.9 Å². The Balaban J connectivity index is 2.06. The van der Waals surface area contributed by atoms with E-state index in [-0.39, 0.29) is 5.91 Å². The zero-order valence-corrected chi connectivity index (χ0v) is 9.80. The minimum Gasteiger partial charge on any atom is -0.335 e. The van der Waals surface area contributed by atoms with Gasteiger partial charge in [0.2, 0.25) is 5.91 Å². The van der Waals surface area contributed by atoms with Crippen molar-refractivity contribution in [2.24, 2.45) is 0 Å². The van der Waals surface area contributed by atoms with Gasteiger partial charge in [-0.15, -0.1) is 11.3 Å². The number of carbonyl (C=O) groups is 1. The molecule has 0 aromatic carbocycles. The van der Waals surface area contributed by atoms with Crippen LogP contribution in [-0.2, 0) is 11.3 Å². The van der Waals surface area contributed by atoms with Crippen LogP contribution in [0.1, 0.15) is 18.7 Å². The van der Waals surface area contributed by atoms with E-state index in [1.165, 1.54) is 0 Å². The van der Waals surface area contributed by atoms with Crippen LogP contribution in [-0.4, -0.2) is 34.4 Å². The summed E-state index contributed by atoms with van der Waals surface area (Å²) in [6.07, 6.45) is 1.83. The fraction of sp³-hybridized carbons (Fsp3) is 0.600. The number of piperazine rings is 1. The van der Waals surface area contributed by atoms with Gasteiger partial charge in [0.1, 0.15) is 0 Å². The maximum Gasteiger partial charge on any atom is 0.242 e. The van der Waals surface area contributed by atoms with Gasteiger partial charge in [0.25, 0.3) is 0 Å². The molecule has 0 spiro atoms. The Hall–Kier alpha value is -0.940. The lowest BCUT2D eigenvalue weighted by atomic mass is 10.0. The summed E-state index contributed by atoms with van der Waals surface area (Å²) in [5, 5.41) is 3.21. The molecule has 0 radical (unpaired) electrons. The van der Waals surface area contributed by atoms with Crippen molar-refractivity contribution in [3.63, 3.8) is 0 Å². The van der Waals surface area contributed by atoms with Gasteiger partial charge >= 0.3 is 0 Å². The number of carbonyl (C=O) groups excluding carboxylic acids is 1. The lowest BCUT2D eigenvalue weighted by Crippen LogP contribution is -2.60. The molecule has 2 rings (SSSR count). The summed E-state index contributed by atoms with van der Waals surface area (Å²) in [6, 6.07) is 0. The van der Waals surface area contributed by atoms with Gasteiger partial charge in [0, 0.05) is 24.2 Å². The van der Waals surface area contributed by atoms with Crippen molar-refractivity contribution in [2.75, 3.05) is 13.1 Å². The molecule has 1 aromatic rings. The predicted molar refractivity (Wildman–Crippen MR) is 59.6 cm³/mol. The van der Waals surface area contributed by atoms with Crippen LogP contribution in [0, 0.1) is 0 Å². The third kappa shape index (κ3) is 2.18. The molecule has 1 aromatic heterocycles. The molecule has 2 heterocycles. The van der Waals surface area contributed by atoms with Crippen LogP contribution >= 0.6 is 11.3 Å². The van der Waals surface area contributed by atoms with Gasteiger partial charge in [0.15, 0.2) is 0 Å². The molecule has 0 saturated carbocycles. The van der Waals surface area contributed by atoms with Crippen LogP contribution in [0.25, 0.3) is 0 Å². The zero-order chi connectivity index (χ0) is 10.9. The molecule has 1 amide bonds. The largest absolute Gasteiger partial charge is 0.335 e. The Morgan fingerprint density at radius 2 is 2.47 bits per heavy atom. The van der Waals surface area contributed by atoms with Gasteiger partial charge in [-0.3, -0.25) is 9.78 Å². The molecular formula is C10H15N3OS. The van der Waals surface area contributed by atoms with Crippen LogP contribution in [0.3, 0.4) is 0 Å². The van der Waals surface area contributed by atoms with E-state index in [0.717, 1.165) is 18.0 Å². The Morgan fingerprint density at radius 1 is 1.67 bits per heavy atom. The fourth-order valence-electron chi connectivity index (χ4n) is 1.73. The molecule has 0 aliphatic carbocycles. The monoisotopic (exact) mass is 225 g/mol. The van der Waals surface area contributed by atoms with Crippen molar-refractivity contribution >= 4 is 17.2 Å². The summed E-state index contributed by atoms with van der Waals surface area (Å²) in [6.45, 7) is 6.18. The maximum atomic E-state index is 12.0. The van der Waals surface area contributed by atoms with E-state index in [2.05, 4.69) is 10.3 Å². The smallest absolute Gasteiger partial charge is 0.242 e. The third-order valence-electron chi connectivity index (χ3n) is 2.60. The van der Waals surface area contributed by atoms with Gasteiger partial charge in [-0.1, -0.05) is 0 Å². The van der Waals surface area contributed by atoms with E-state index < -0.39 is 5.54 Å². The van der Waals surface area contributed by atoms with Crippen LogP contribution in [0.4, 0.5) is 0 Å². The summed E-state index contributed by atoms with van der Waals surface area (Å²) in [5.41, 5.74) is 1.37. The van der Waals surface area contributed by atoms with Gasteiger partial charge in [-0.25, -0.2) is 0 Å². The van der Waals surface area contributed by atoms with Crippen molar-refractivity contribution in [3.05, 3.63) is 16.6 Å². The Kier molecular flexibility index (Phi) is 2.75. The van der Waals surface area contributed by atoms with E-state index in [0.29, 0.717) is 6.54 Å². The Bertz CT molecular complexity index is 348. The Morgan fingerprint density at radius 3 is 3.13 bits per heavy atom. The molecule has 1 saturated heterocycles. The molecule has 0 bridgehead atoms. The first-order valence-electron chi connectivity index (χ1n) is 5.01. The van der Waals surface area contributed by atoms with E-state index in [1.54, 1.807) is 16.8 Å². The molecule has 1 aliphatic rings. The maximum absolute atomic E-state index is 12.0. The first-order chi connectivity index (χ1) is 7.09. The quantitative estimate of drug-likeness (QED) is 0.811. The second kappa shape index (κ2) is 3.90. The fourth-order valence-corrected chi connectivity index (χ4v) is 2.34. The molecule has 4 nitrogen and oxygen atoms in total. The highest BCUT2D eigenvalue weighted by Crippen LogP contribution is 2.16. The highest BCUT2D eigenvalue weighted by atomic mass is 32.1. The average molecular weight is 225 g/mol. The van der Waals surface area contributed by atoms with Gasteiger partial charge in [-0.05, 0) is 13.8 Å². The molecule has 0 atom stereocenters. The molecule has 82 valence electrons. The SMILES string of the molecule is CC1(C)NCCN(Cc2cncs2)C1=O. The molecule has 1 N–H and O–H groups in total. The standard InChI is InChI=1S/C10H15N3OS/c1-10(2)9(14)13(4-3-12-10)6-8-5-11-7-15-8/h5,7,12H,3-4,6H2,1-2H3. The average Bonchev–Trinajstić information content (AvgIpc) is 2.65. The number of aromatic nitrogens is 1. The van der Waals surface area contributed by atoms with Gasteiger partial charge in [-0.2, -0.15) is 0 Å². The van der Waals surface area contributed by atoms with E-state index in [4.69, 9.17) is 0 Å². The number of amides is 1. The third-order valence-corrected chi connectivity index (χ3v) is 3.37. The van der Waals surface area contributed by atoms with E-state index >= 15 is 0 Å². The molecular weight excluding hydrogens is 210 g/mol. The molecule has 5 heteroatoms. The first kappa shape index (κ1) is 10.6. The summed E-state index contributed by atoms with van der Waals surface area (Å²) in [7, 11) is 0. The lowest BCUT2D eigenvalue weighted by molar-refractivity contribution is -0.140. The number of nitrogens with zero attached hydrogens (tertiary/aromatic N) is 2. The molecule has 0 unspecified atom stereocenters. The van der Waals surface area contributed by atoms with Crippen molar-refractivity contribution in [1.29, 1.82) is 0 Å². The van der Waals surface area contributed by atoms with Gasteiger partial charge < -0.3 is 10.2 Å². The summed E-state index contributed by atoms with van der Waals surface area (Å²) in [4.78, 5) is 19.1. The summed E-state index contributed by atoms with van der Waals surface area (Å²) < 4.78 is 0. The summed E-state index contributed by atoms with van der Waals surface area (Å²) >= 11 is 1.59. The Labute approximate surface area is 93.3 Å². The number of thiazole rings is 1. The minimum atomic E-state index is -0.428. The van der Waals surface area contributed by atoms with Crippen molar-refractivity contribution < 1.29 is 4.79 Å². The first-order valence-corrected chi connectivity index (χ1v) is 5.89. The molecule has 1 fully saturated rings. The van der Waals surface area contributed by atoms with Crippen LogP contribution < -0.4 is 5.32 Å². The predicted octanol–water partition coefficient (Wildman–Crippen LogP) is 0.853. The zero-order valence-electron chi connectivity index (χ0n) is 8.99. The topological polar surface area (TPSA) is 45.2 Å².